The first-order valence-electron chi connectivity index (χ1n) is 11.5. The van der Waals surface area contributed by atoms with E-state index in [1.54, 1.807) is 0 Å². The summed E-state index contributed by atoms with van der Waals surface area (Å²) < 4.78 is 2.37. The Morgan fingerprint density at radius 3 is 2.06 bits per heavy atom. The molecule has 4 rings (SSSR count). The van der Waals surface area contributed by atoms with E-state index in [4.69, 9.17) is 0 Å². The molecule has 0 atom stereocenters. The summed E-state index contributed by atoms with van der Waals surface area (Å²) in [7, 11) is 0. The molecule has 0 saturated carbocycles. The molecule has 0 bridgehead atoms. The zero-order chi connectivity index (χ0) is 21.8. The fourth-order valence-corrected chi connectivity index (χ4v) is 4.89. The lowest BCUT2D eigenvalue weighted by Crippen LogP contribution is -2.52. The molecule has 2 fully saturated rings. The highest BCUT2D eigenvalue weighted by Crippen LogP contribution is 2.25. The summed E-state index contributed by atoms with van der Waals surface area (Å²) >= 11 is 0. The summed E-state index contributed by atoms with van der Waals surface area (Å²) in [5, 5.41) is 0. The number of piperidine rings is 1. The van der Waals surface area contributed by atoms with Gasteiger partial charge in [0.05, 0.1) is 0 Å². The molecule has 2 aliphatic rings. The number of anilines is 1. The predicted octanol–water partition coefficient (Wildman–Crippen LogP) is 2.98. The Labute approximate surface area is 185 Å². The Hall–Kier alpha value is -2.60. The molecule has 2 aromatic rings. The van der Waals surface area contributed by atoms with Gasteiger partial charge >= 0.3 is 0 Å². The van der Waals surface area contributed by atoms with Crippen LogP contribution in [0.25, 0.3) is 0 Å². The Morgan fingerprint density at radius 1 is 0.871 bits per heavy atom. The van der Waals surface area contributed by atoms with Crippen LogP contribution in [-0.4, -0.2) is 72.4 Å². The first-order valence-corrected chi connectivity index (χ1v) is 11.5. The Balaban J connectivity index is 1.21. The van der Waals surface area contributed by atoms with Gasteiger partial charge in [0.25, 0.3) is 0 Å². The monoisotopic (exact) mass is 422 g/mol. The fraction of sp³-hybridized carbons (Fsp3) is 0.520. The van der Waals surface area contributed by atoms with Gasteiger partial charge < -0.3 is 14.4 Å². The van der Waals surface area contributed by atoms with Crippen molar-refractivity contribution in [2.24, 2.45) is 5.92 Å². The first kappa shape index (κ1) is 21.6. The number of benzene rings is 1. The van der Waals surface area contributed by atoms with E-state index in [1.165, 1.54) is 11.4 Å². The molecule has 0 spiro atoms. The number of rotatable bonds is 6. The number of aryl methyl sites for hydroxylation is 2. The number of aldehydes is 1. The first-order chi connectivity index (χ1) is 15.0. The zero-order valence-electron chi connectivity index (χ0n) is 18.8. The average Bonchev–Trinajstić information content (AvgIpc) is 3.15. The smallest absolute Gasteiger partial charge is 0.225 e. The van der Waals surface area contributed by atoms with Crippen LogP contribution >= 0.6 is 0 Å². The van der Waals surface area contributed by atoms with Gasteiger partial charge in [-0.3, -0.25) is 14.5 Å². The molecule has 31 heavy (non-hydrogen) atoms. The van der Waals surface area contributed by atoms with Crippen molar-refractivity contribution in [1.29, 1.82) is 0 Å². The summed E-state index contributed by atoms with van der Waals surface area (Å²) in [6.07, 6.45) is 2.68. The number of nitrogens with zero attached hydrogens (tertiary/aromatic N) is 4. The molecule has 0 N–H and O–H groups in total. The minimum Gasteiger partial charge on any atom is -0.371 e. The van der Waals surface area contributed by atoms with Crippen LogP contribution in [0.2, 0.25) is 0 Å². The van der Waals surface area contributed by atoms with E-state index in [-0.39, 0.29) is 5.92 Å². The van der Waals surface area contributed by atoms with Crippen LogP contribution in [0.15, 0.2) is 36.4 Å². The predicted molar refractivity (Wildman–Crippen MR) is 124 cm³/mol. The second kappa shape index (κ2) is 9.69. The normalized spacial score (nSPS) is 18.4. The van der Waals surface area contributed by atoms with Crippen LogP contribution in [0, 0.1) is 19.8 Å². The molecular formula is C25H34N4O2. The van der Waals surface area contributed by atoms with Gasteiger partial charge in [-0.05, 0) is 63.1 Å². The third-order valence-corrected chi connectivity index (χ3v) is 6.98. The summed E-state index contributed by atoms with van der Waals surface area (Å²) in [6.45, 7) is 11.8. The number of piperazine rings is 1. The topological polar surface area (TPSA) is 48.8 Å². The lowest BCUT2D eigenvalue weighted by atomic mass is 9.94. The van der Waals surface area contributed by atoms with Gasteiger partial charge in [-0.15, -0.1) is 0 Å². The maximum atomic E-state index is 13.1. The van der Waals surface area contributed by atoms with Crippen molar-refractivity contribution in [1.82, 2.24) is 14.4 Å². The molecule has 6 nitrogen and oxygen atoms in total. The summed E-state index contributed by atoms with van der Waals surface area (Å²) in [5.41, 5.74) is 4.47. The number of hydrogen-bond donors (Lipinski definition) is 0. The van der Waals surface area contributed by atoms with E-state index in [0.717, 1.165) is 77.2 Å². The van der Waals surface area contributed by atoms with Gasteiger partial charge in [0.15, 0.2) is 0 Å². The van der Waals surface area contributed by atoms with Crippen molar-refractivity contribution in [3.8, 4) is 0 Å². The zero-order valence-corrected chi connectivity index (χ0v) is 18.8. The molecule has 3 heterocycles. The van der Waals surface area contributed by atoms with Crippen molar-refractivity contribution < 1.29 is 9.59 Å². The van der Waals surface area contributed by atoms with Crippen molar-refractivity contribution >= 4 is 17.9 Å². The van der Waals surface area contributed by atoms with E-state index in [9.17, 15) is 9.59 Å². The summed E-state index contributed by atoms with van der Waals surface area (Å²) in [5.74, 6) is 0.481. The van der Waals surface area contributed by atoms with Gasteiger partial charge in [0.1, 0.15) is 6.29 Å². The van der Waals surface area contributed by atoms with Crippen LogP contribution in [0.4, 0.5) is 5.69 Å². The standard InChI is InChI=1S/C25H34N4O2/c1-20-3-4-21(2)29(20)18-15-26-13-16-28(17-14-26)25(31)23-9-11-27(12-10-23)24-7-5-22(19-30)6-8-24/h3-8,19,23H,9-18H2,1-2H3. The molecule has 0 aliphatic carbocycles. The van der Waals surface area contributed by atoms with Gasteiger partial charge in [-0.2, -0.15) is 0 Å². The third kappa shape index (κ3) is 5.01. The van der Waals surface area contributed by atoms with Crippen LogP contribution in [0.3, 0.4) is 0 Å². The van der Waals surface area contributed by atoms with E-state index < -0.39 is 0 Å². The molecule has 1 amide bonds. The van der Waals surface area contributed by atoms with Crippen molar-refractivity contribution in [3.63, 3.8) is 0 Å². The van der Waals surface area contributed by atoms with Gasteiger partial charge in [0, 0.05) is 80.9 Å². The second-order valence-corrected chi connectivity index (χ2v) is 8.91. The van der Waals surface area contributed by atoms with E-state index in [2.05, 4.69) is 45.2 Å². The molecule has 2 saturated heterocycles. The Bertz CT molecular complexity index is 869. The summed E-state index contributed by atoms with van der Waals surface area (Å²) in [6, 6.07) is 12.1. The van der Waals surface area contributed by atoms with Crippen molar-refractivity contribution in [2.45, 2.75) is 33.2 Å². The lowest BCUT2D eigenvalue weighted by Gasteiger charge is -2.39. The van der Waals surface area contributed by atoms with Gasteiger partial charge in [0.2, 0.25) is 5.91 Å². The molecule has 0 radical (unpaired) electrons. The molecule has 1 aromatic heterocycles. The highest BCUT2D eigenvalue weighted by atomic mass is 16.2. The maximum absolute atomic E-state index is 13.1. The molecule has 6 heteroatoms. The highest BCUT2D eigenvalue weighted by Gasteiger charge is 2.30. The van der Waals surface area contributed by atoms with E-state index in [0.29, 0.717) is 11.5 Å². The molecule has 2 aliphatic heterocycles. The molecule has 1 aromatic carbocycles. The van der Waals surface area contributed by atoms with Gasteiger partial charge in [-0.25, -0.2) is 0 Å². The van der Waals surface area contributed by atoms with Crippen molar-refractivity contribution in [3.05, 3.63) is 53.3 Å². The number of aromatic nitrogens is 1. The fourth-order valence-electron chi connectivity index (χ4n) is 4.89. The molecule has 166 valence electrons. The lowest BCUT2D eigenvalue weighted by molar-refractivity contribution is -0.138. The van der Waals surface area contributed by atoms with E-state index in [1.807, 2.05) is 24.3 Å². The number of hydrogen-bond acceptors (Lipinski definition) is 4. The Kier molecular flexibility index (Phi) is 6.76. The molecule has 0 unspecified atom stereocenters. The minimum atomic E-state index is 0.141. The second-order valence-electron chi connectivity index (χ2n) is 8.91. The van der Waals surface area contributed by atoms with Crippen LogP contribution in [0.5, 0.6) is 0 Å². The largest absolute Gasteiger partial charge is 0.371 e. The average molecular weight is 423 g/mol. The number of carbonyl (C=O) groups is 2. The van der Waals surface area contributed by atoms with Crippen LogP contribution in [0.1, 0.15) is 34.6 Å². The van der Waals surface area contributed by atoms with Crippen LogP contribution < -0.4 is 4.90 Å². The molecular weight excluding hydrogens is 388 g/mol. The SMILES string of the molecule is Cc1ccc(C)n1CCN1CCN(C(=O)C2CCN(c3ccc(C=O)cc3)CC2)CC1. The highest BCUT2D eigenvalue weighted by molar-refractivity contribution is 5.79. The maximum Gasteiger partial charge on any atom is 0.225 e. The van der Waals surface area contributed by atoms with Crippen LogP contribution in [-0.2, 0) is 11.3 Å². The van der Waals surface area contributed by atoms with Gasteiger partial charge in [-0.1, -0.05) is 0 Å². The summed E-state index contributed by atoms with van der Waals surface area (Å²) in [4.78, 5) is 30.8. The Morgan fingerprint density at radius 2 is 1.48 bits per heavy atom. The minimum absolute atomic E-state index is 0.141. The number of carbonyl (C=O) groups excluding carboxylic acids is 2. The van der Waals surface area contributed by atoms with Crippen molar-refractivity contribution in [2.75, 3.05) is 50.7 Å². The quantitative estimate of drug-likeness (QED) is 0.672. The number of amides is 1. The third-order valence-electron chi connectivity index (χ3n) is 6.98. The van der Waals surface area contributed by atoms with E-state index >= 15 is 0 Å².